The normalized spacial score (nSPS) is 14.4. The Kier molecular flexibility index (Phi) is 7.00. The number of aromatic nitrogens is 3. The van der Waals surface area contributed by atoms with Crippen molar-refractivity contribution in [3.8, 4) is 6.07 Å². The number of nitrogens with one attached hydrogen (secondary N) is 1. The van der Waals surface area contributed by atoms with Gasteiger partial charge in [0.15, 0.2) is 0 Å². The maximum absolute atomic E-state index is 12.7. The summed E-state index contributed by atoms with van der Waals surface area (Å²) in [7, 11) is 0. The number of anilines is 1. The van der Waals surface area contributed by atoms with E-state index in [0.29, 0.717) is 34.8 Å². The van der Waals surface area contributed by atoms with Crippen LogP contribution in [0.1, 0.15) is 72.9 Å². The molecule has 1 aliphatic rings. The van der Waals surface area contributed by atoms with Crippen molar-refractivity contribution in [2.45, 2.75) is 70.1 Å². The zero-order valence-corrected chi connectivity index (χ0v) is 19.2. The van der Waals surface area contributed by atoms with Crippen LogP contribution in [-0.4, -0.2) is 26.4 Å². The largest absolute Gasteiger partial charge is 0.467 e. The number of nitrogens with zero attached hydrogens (tertiary/aromatic N) is 4. The van der Waals surface area contributed by atoms with Crippen molar-refractivity contribution in [3.05, 3.63) is 46.9 Å². The number of hydrogen-bond donors (Lipinski definition) is 1. The molecule has 0 atom stereocenters. The van der Waals surface area contributed by atoms with Crippen molar-refractivity contribution < 1.29 is 13.6 Å². The lowest BCUT2D eigenvalue weighted by Gasteiger charge is -2.17. The summed E-state index contributed by atoms with van der Waals surface area (Å²) in [6.45, 7) is 4.26. The van der Waals surface area contributed by atoms with Crippen LogP contribution in [0.25, 0.3) is 0 Å². The molecule has 1 aliphatic carbocycles. The fraction of sp³-hybridized carbons (Fsp3) is 0.478. The number of rotatable bonds is 8. The number of carbonyl (C=O) groups excluding carboxylic acids is 1. The van der Waals surface area contributed by atoms with Crippen LogP contribution in [0, 0.1) is 25.2 Å². The molecule has 32 heavy (non-hydrogen) atoms. The Labute approximate surface area is 191 Å². The quantitative estimate of drug-likeness (QED) is 0.469. The average molecular weight is 454 g/mol. The second-order valence-corrected chi connectivity index (χ2v) is 9.15. The highest BCUT2D eigenvalue weighted by Crippen LogP contribution is 2.33. The van der Waals surface area contributed by atoms with E-state index < -0.39 is 0 Å². The maximum Gasteiger partial charge on any atom is 0.276 e. The van der Waals surface area contributed by atoms with Crippen molar-refractivity contribution in [2.75, 3.05) is 11.1 Å². The monoisotopic (exact) mass is 453 g/mol. The number of furan rings is 1. The van der Waals surface area contributed by atoms with Gasteiger partial charge in [0.1, 0.15) is 17.6 Å². The summed E-state index contributed by atoms with van der Waals surface area (Å²) in [6.07, 6.45) is 7.78. The second-order valence-electron chi connectivity index (χ2n) is 8.10. The lowest BCUT2D eigenvalue weighted by atomic mass is 9.89. The lowest BCUT2D eigenvalue weighted by Crippen LogP contribution is -2.17. The van der Waals surface area contributed by atoms with Gasteiger partial charge in [-0.25, -0.2) is 0 Å². The molecule has 0 spiro atoms. The van der Waals surface area contributed by atoms with Crippen LogP contribution in [0.4, 0.5) is 5.82 Å². The average Bonchev–Trinajstić information content (AvgIpc) is 3.53. The van der Waals surface area contributed by atoms with Gasteiger partial charge in [-0.1, -0.05) is 31.0 Å². The van der Waals surface area contributed by atoms with Crippen molar-refractivity contribution >= 4 is 23.5 Å². The molecule has 3 heterocycles. The Morgan fingerprint density at radius 2 is 2.12 bits per heavy atom. The van der Waals surface area contributed by atoms with E-state index in [2.05, 4.69) is 21.6 Å². The highest BCUT2D eigenvalue weighted by Gasteiger charge is 2.22. The van der Waals surface area contributed by atoms with E-state index in [1.54, 1.807) is 6.26 Å². The van der Waals surface area contributed by atoms with Crippen LogP contribution in [0.15, 0.2) is 32.5 Å². The molecular weight excluding hydrogens is 426 g/mol. The fourth-order valence-corrected chi connectivity index (χ4v) is 4.81. The van der Waals surface area contributed by atoms with Crippen LogP contribution in [0.3, 0.4) is 0 Å². The van der Waals surface area contributed by atoms with Crippen LogP contribution in [-0.2, 0) is 11.3 Å². The van der Waals surface area contributed by atoms with Crippen LogP contribution >= 0.6 is 11.8 Å². The van der Waals surface area contributed by atoms with Crippen LogP contribution in [0.2, 0.25) is 0 Å². The summed E-state index contributed by atoms with van der Waals surface area (Å²) in [6, 6.07) is 5.91. The van der Waals surface area contributed by atoms with Crippen molar-refractivity contribution in [1.82, 2.24) is 14.8 Å². The predicted octanol–water partition coefficient (Wildman–Crippen LogP) is 5.17. The number of carbonyl (C=O) groups is 1. The van der Waals surface area contributed by atoms with Gasteiger partial charge in [0.25, 0.3) is 5.22 Å². The summed E-state index contributed by atoms with van der Waals surface area (Å²) in [5, 5.41) is 21.4. The van der Waals surface area contributed by atoms with E-state index in [4.69, 9.17) is 8.83 Å². The molecule has 1 N–H and O–H groups in total. The maximum atomic E-state index is 12.7. The standard InChI is InChI=1S/C23H27N5O3S/c1-15-16(2)28(14-18-9-6-11-30-18)21(19(15)13-24)25-20(29)10-12-32-23-27-26-22(31-23)17-7-4-3-5-8-17/h6,9,11,17H,3-5,7-8,10,12,14H2,1-2H3,(H,25,29). The van der Waals surface area contributed by atoms with Crippen molar-refractivity contribution in [2.24, 2.45) is 0 Å². The SMILES string of the molecule is Cc1c(C#N)c(NC(=O)CCSc2nnc(C3CCCCC3)o2)n(Cc2ccco2)c1C. The third-order valence-corrected chi connectivity index (χ3v) is 6.84. The lowest BCUT2D eigenvalue weighted by molar-refractivity contribution is -0.115. The molecule has 3 aromatic rings. The van der Waals surface area contributed by atoms with Gasteiger partial charge in [0, 0.05) is 23.8 Å². The van der Waals surface area contributed by atoms with Crippen LogP contribution < -0.4 is 5.32 Å². The van der Waals surface area contributed by atoms with E-state index in [0.717, 1.165) is 35.7 Å². The molecule has 0 bridgehead atoms. The molecule has 0 radical (unpaired) electrons. The third kappa shape index (κ3) is 4.91. The van der Waals surface area contributed by atoms with Crippen molar-refractivity contribution in [1.29, 1.82) is 5.26 Å². The summed E-state index contributed by atoms with van der Waals surface area (Å²) < 4.78 is 13.2. The molecule has 9 heteroatoms. The Morgan fingerprint density at radius 1 is 1.31 bits per heavy atom. The minimum Gasteiger partial charge on any atom is -0.467 e. The first-order chi connectivity index (χ1) is 15.6. The Bertz CT molecular complexity index is 1100. The van der Waals surface area contributed by atoms with Crippen LogP contribution in [0.5, 0.6) is 0 Å². The molecule has 0 unspecified atom stereocenters. The molecule has 0 aliphatic heterocycles. The van der Waals surface area contributed by atoms with Crippen molar-refractivity contribution in [3.63, 3.8) is 0 Å². The summed E-state index contributed by atoms with van der Waals surface area (Å²) in [5.41, 5.74) is 2.25. The molecule has 1 fully saturated rings. The van der Waals surface area contributed by atoms with E-state index >= 15 is 0 Å². The molecule has 0 aromatic carbocycles. The van der Waals surface area contributed by atoms with Gasteiger partial charge in [0.2, 0.25) is 11.8 Å². The summed E-state index contributed by atoms with van der Waals surface area (Å²) in [5.74, 6) is 2.69. The highest BCUT2D eigenvalue weighted by molar-refractivity contribution is 7.99. The third-order valence-electron chi connectivity index (χ3n) is 6.02. The molecule has 1 amide bonds. The molecule has 4 rings (SSSR count). The summed E-state index contributed by atoms with van der Waals surface area (Å²) >= 11 is 1.38. The molecule has 3 aromatic heterocycles. The highest BCUT2D eigenvalue weighted by atomic mass is 32.2. The fourth-order valence-electron chi connectivity index (χ4n) is 4.11. The van der Waals surface area contributed by atoms with Gasteiger partial charge in [-0.3, -0.25) is 4.79 Å². The minimum absolute atomic E-state index is 0.167. The van der Waals surface area contributed by atoms with Gasteiger partial charge < -0.3 is 18.7 Å². The molecule has 0 saturated heterocycles. The Hall–Kier alpha value is -2.99. The van der Waals surface area contributed by atoms with E-state index in [9.17, 15) is 10.1 Å². The molecule has 168 valence electrons. The van der Waals surface area contributed by atoms with E-state index in [1.165, 1.54) is 31.0 Å². The number of nitriles is 1. The molecular formula is C23H27N5O3S. The molecule has 1 saturated carbocycles. The van der Waals surface area contributed by atoms with Gasteiger partial charge in [0.05, 0.1) is 18.4 Å². The van der Waals surface area contributed by atoms with Gasteiger partial charge in [-0.2, -0.15) is 5.26 Å². The minimum atomic E-state index is -0.167. The number of amides is 1. The second kappa shape index (κ2) is 10.1. The first-order valence-corrected chi connectivity index (χ1v) is 11.9. The Balaban J connectivity index is 1.36. The topological polar surface area (TPSA) is 110 Å². The predicted molar refractivity (Wildman–Crippen MR) is 121 cm³/mol. The van der Waals surface area contributed by atoms with E-state index in [-0.39, 0.29) is 12.3 Å². The first kappa shape index (κ1) is 22.2. The number of thioether (sulfide) groups is 1. The van der Waals surface area contributed by atoms with Gasteiger partial charge in [-0.05, 0) is 44.4 Å². The zero-order chi connectivity index (χ0) is 22.5. The van der Waals surface area contributed by atoms with E-state index in [1.807, 2.05) is 30.5 Å². The Morgan fingerprint density at radius 3 is 2.84 bits per heavy atom. The summed E-state index contributed by atoms with van der Waals surface area (Å²) in [4.78, 5) is 12.7. The van der Waals surface area contributed by atoms with Gasteiger partial charge >= 0.3 is 0 Å². The number of hydrogen-bond acceptors (Lipinski definition) is 7. The van der Waals surface area contributed by atoms with Gasteiger partial charge in [-0.15, -0.1) is 10.2 Å². The molecule has 8 nitrogen and oxygen atoms in total. The first-order valence-electron chi connectivity index (χ1n) is 10.9. The smallest absolute Gasteiger partial charge is 0.276 e. The zero-order valence-electron chi connectivity index (χ0n) is 18.4.